The van der Waals surface area contributed by atoms with E-state index >= 15 is 0 Å². The number of hydrogen-bond donors (Lipinski definition) is 1. The van der Waals surface area contributed by atoms with E-state index in [1.54, 1.807) is 48.5 Å². The molecule has 1 aliphatic rings. The van der Waals surface area contributed by atoms with E-state index in [1.807, 2.05) is 30.3 Å². The van der Waals surface area contributed by atoms with E-state index in [4.69, 9.17) is 27.9 Å². The summed E-state index contributed by atoms with van der Waals surface area (Å²) in [5, 5.41) is 3.26. The molecule has 2 amide bonds. The lowest BCUT2D eigenvalue weighted by molar-refractivity contribution is -0.137. The fraction of sp³-hybridized carbons (Fsp3) is 0.0800. The number of nitrogens with one attached hydrogen (secondary N) is 1. The number of ether oxygens (including phenoxy) is 1. The van der Waals surface area contributed by atoms with Gasteiger partial charge in [-0.2, -0.15) is 0 Å². The molecule has 0 bridgehead atoms. The average Bonchev–Trinajstić information content (AvgIpc) is 3.03. The van der Waals surface area contributed by atoms with Crippen LogP contribution >= 0.6 is 23.2 Å². The predicted molar refractivity (Wildman–Crippen MR) is 126 cm³/mol. The van der Waals surface area contributed by atoms with E-state index < -0.39 is 17.8 Å². The molecule has 33 heavy (non-hydrogen) atoms. The molecule has 8 heteroatoms. The summed E-state index contributed by atoms with van der Waals surface area (Å²) in [6.45, 7) is 0.221. The molecule has 6 nitrogen and oxygen atoms in total. The van der Waals surface area contributed by atoms with Gasteiger partial charge in [0.05, 0.1) is 5.56 Å². The Balaban J connectivity index is 1.39. The maximum Gasteiger partial charge on any atom is 0.343 e. The third-order valence-corrected chi connectivity index (χ3v) is 5.60. The second-order valence-electron chi connectivity index (χ2n) is 7.23. The Morgan fingerprint density at radius 2 is 1.52 bits per heavy atom. The fourth-order valence-corrected chi connectivity index (χ4v) is 3.60. The van der Waals surface area contributed by atoms with Crippen LogP contribution in [0.25, 0.3) is 0 Å². The van der Waals surface area contributed by atoms with E-state index in [2.05, 4.69) is 5.32 Å². The Bertz CT molecular complexity index is 1220. The minimum absolute atomic E-state index is 0.00576. The number of benzene rings is 3. The van der Waals surface area contributed by atoms with Crippen molar-refractivity contribution >= 4 is 46.7 Å². The number of carbonyl (C=O) groups excluding carboxylic acids is 3. The lowest BCUT2D eigenvalue weighted by Gasteiger charge is -2.15. The smallest absolute Gasteiger partial charge is 0.343 e. The molecule has 4 rings (SSSR count). The molecule has 1 aliphatic heterocycles. The van der Waals surface area contributed by atoms with Gasteiger partial charge in [-0.3, -0.25) is 14.5 Å². The molecule has 0 unspecified atom stereocenters. The van der Waals surface area contributed by atoms with Crippen LogP contribution in [0.3, 0.4) is 0 Å². The van der Waals surface area contributed by atoms with Crippen molar-refractivity contribution in [2.45, 2.75) is 6.42 Å². The highest BCUT2D eigenvalue weighted by Gasteiger charge is 2.37. The second kappa shape index (κ2) is 9.90. The van der Waals surface area contributed by atoms with Crippen molar-refractivity contribution in [2.75, 3.05) is 11.9 Å². The van der Waals surface area contributed by atoms with Gasteiger partial charge in [-0.15, -0.1) is 0 Å². The molecule has 0 aliphatic carbocycles. The third kappa shape index (κ3) is 5.25. The Kier molecular flexibility index (Phi) is 6.77. The predicted octanol–water partition coefficient (Wildman–Crippen LogP) is 5.03. The summed E-state index contributed by atoms with van der Waals surface area (Å²) in [6.07, 6.45) is 0.528. The second-order valence-corrected chi connectivity index (χ2v) is 8.05. The van der Waals surface area contributed by atoms with Gasteiger partial charge < -0.3 is 10.1 Å². The number of amides is 2. The molecule has 0 atom stereocenters. The van der Waals surface area contributed by atoms with Gasteiger partial charge in [0.25, 0.3) is 11.8 Å². The standard InChI is InChI=1S/C25H18Cl2N2O4/c26-18-8-12-20(13-9-18)33-25(32)17-6-10-19(11-7-17)28-22-21(27)23(30)29(24(22)31)15-14-16-4-2-1-3-5-16/h1-13,28H,14-15H2. The first-order valence-electron chi connectivity index (χ1n) is 10.1. The first-order chi connectivity index (χ1) is 15.9. The number of esters is 1. The maximum absolute atomic E-state index is 12.8. The number of anilines is 1. The van der Waals surface area contributed by atoms with Crippen LogP contribution in [0.15, 0.2) is 89.6 Å². The number of hydrogen-bond acceptors (Lipinski definition) is 5. The van der Waals surface area contributed by atoms with Crippen LogP contribution in [0.1, 0.15) is 15.9 Å². The molecule has 0 fully saturated rings. The monoisotopic (exact) mass is 480 g/mol. The summed E-state index contributed by atoms with van der Waals surface area (Å²) in [5.74, 6) is -1.20. The van der Waals surface area contributed by atoms with Crippen LogP contribution in [0.4, 0.5) is 5.69 Å². The maximum atomic E-state index is 12.8. The van der Waals surface area contributed by atoms with Crippen molar-refractivity contribution in [2.24, 2.45) is 0 Å². The van der Waals surface area contributed by atoms with Gasteiger partial charge in [0, 0.05) is 17.3 Å². The van der Waals surface area contributed by atoms with Gasteiger partial charge in [-0.05, 0) is 60.5 Å². The van der Waals surface area contributed by atoms with Crippen LogP contribution in [0.2, 0.25) is 5.02 Å². The molecule has 1 heterocycles. The molecule has 0 saturated heterocycles. The highest BCUT2D eigenvalue weighted by Crippen LogP contribution is 2.26. The number of carbonyl (C=O) groups is 3. The molecule has 0 radical (unpaired) electrons. The van der Waals surface area contributed by atoms with Crippen LogP contribution in [0.5, 0.6) is 5.75 Å². The van der Waals surface area contributed by atoms with E-state index in [9.17, 15) is 14.4 Å². The van der Waals surface area contributed by atoms with Gasteiger partial charge in [-0.25, -0.2) is 4.79 Å². The van der Waals surface area contributed by atoms with Crippen molar-refractivity contribution in [1.82, 2.24) is 4.90 Å². The Labute approximate surface area is 200 Å². The first-order valence-corrected chi connectivity index (χ1v) is 10.8. The summed E-state index contributed by atoms with van der Waals surface area (Å²) in [7, 11) is 0. The number of imide groups is 1. The molecule has 3 aromatic rings. The van der Waals surface area contributed by atoms with Gasteiger partial charge >= 0.3 is 5.97 Å². The Morgan fingerprint density at radius 3 is 2.18 bits per heavy atom. The van der Waals surface area contributed by atoms with Crippen LogP contribution < -0.4 is 10.1 Å². The van der Waals surface area contributed by atoms with Crippen molar-refractivity contribution in [3.63, 3.8) is 0 Å². The van der Waals surface area contributed by atoms with Crippen LogP contribution in [-0.4, -0.2) is 29.2 Å². The van der Waals surface area contributed by atoms with E-state index in [-0.39, 0.29) is 17.3 Å². The molecule has 0 spiro atoms. The van der Waals surface area contributed by atoms with E-state index in [0.29, 0.717) is 28.4 Å². The van der Waals surface area contributed by atoms with Crippen molar-refractivity contribution in [3.8, 4) is 5.75 Å². The zero-order chi connectivity index (χ0) is 23.4. The average molecular weight is 481 g/mol. The first kappa shape index (κ1) is 22.6. The number of rotatable bonds is 7. The molecule has 1 N–H and O–H groups in total. The van der Waals surface area contributed by atoms with Gasteiger partial charge in [0.15, 0.2) is 0 Å². The molecule has 0 aromatic heterocycles. The topological polar surface area (TPSA) is 75.7 Å². The van der Waals surface area contributed by atoms with Gasteiger partial charge in [0.1, 0.15) is 16.5 Å². The van der Waals surface area contributed by atoms with Crippen molar-refractivity contribution < 1.29 is 19.1 Å². The van der Waals surface area contributed by atoms with Gasteiger partial charge in [0.2, 0.25) is 0 Å². The minimum atomic E-state index is -0.541. The number of halogens is 2. The highest BCUT2D eigenvalue weighted by molar-refractivity contribution is 6.48. The quantitative estimate of drug-likeness (QED) is 0.291. The molecular formula is C25H18Cl2N2O4. The molecular weight excluding hydrogens is 463 g/mol. The van der Waals surface area contributed by atoms with Crippen LogP contribution in [-0.2, 0) is 16.0 Å². The summed E-state index contributed by atoms with van der Waals surface area (Å²) < 4.78 is 5.30. The SMILES string of the molecule is O=C(Oc1ccc(Cl)cc1)c1ccc(NC2=C(Cl)C(=O)N(CCc3ccccc3)C2=O)cc1. The largest absolute Gasteiger partial charge is 0.423 e. The van der Waals surface area contributed by atoms with Crippen molar-refractivity contribution in [1.29, 1.82) is 0 Å². The zero-order valence-corrected chi connectivity index (χ0v) is 18.8. The Hall–Kier alpha value is -3.61. The normalized spacial score (nSPS) is 13.5. The van der Waals surface area contributed by atoms with Crippen molar-refractivity contribution in [3.05, 3.63) is 106 Å². The third-order valence-electron chi connectivity index (χ3n) is 4.99. The lowest BCUT2D eigenvalue weighted by Crippen LogP contribution is -2.34. The molecule has 3 aromatic carbocycles. The highest BCUT2D eigenvalue weighted by atomic mass is 35.5. The lowest BCUT2D eigenvalue weighted by atomic mass is 10.1. The summed E-state index contributed by atoms with van der Waals surface area (Å²) in [4.78, 5) is 38.7. The minimum Gasteiger partial charge on any atom is -0.423 e. The van der Waals surface area contributed by atoms with E-state index in [1.165, 1.54) is 0 Å². The Morgan fingerprint density at radius 1 is 0.848 bits per heavy atom. The molecule has 166 valence electrons. The summed E-state index contributed by atoms with van der Waals surface area (Å²) >= 11 is 12.0. The number of nitrogens with zero attached hydrogens (tertiary/aromatic N) is 1. The van der Waals surface area contributed by atoms with E-state index in [0.717, 1.165) is 10.5 Å². The fourth-order valence-electron chi connectivity index (χ4n) is 3.25. The summed E-state index contributed by atoms with van der Waals surface area (Å²) in [5.41, 5.74) is 1.83. The van der Waals surface area contributed by atoms with Gasteiger partial charge in [-0.1, -0.05) is 53.5 Å². The van der Waals surface area contributed by atoms with Crippen LogP contribution in [0, 0.1) is 0 Å². The zero-order valence-electron chi connectivity index (χ0n) is 17.3. The summed E-state index contributed by atoms with van der Waals surface area (Å²) in [6, 6.07) is 22.3. The molecule has 0 saturated carbocycles.